The number of nitrogens with one attached hydrogen (secondary N) is 2. The number of rotatable bonds is 6. The SMILES string of the molecule is C=CCn1c(-c2sc(NC(=O)CN3C(=O)[C@@H](C)Oc4ccccc43)nc2C)n[nH]c1=S. The van der Waals surface area contributed by atoms with E-state index in [1.54, 1.807) is 35.8 Å². The maximum Gasteiger partial charge on any atom is 0.268 e. The average molecular weight is 457 g/mol. The zero-order chi connectivity index (χ0) is 22.1. The molecule has 0 fully saturated rings. The number of nitrogens with zero attached hydrogens (tertiary/aromatic N) is 4. The van der Waals surface area contributed by atoms with Crippen LogP contribution in [-0.4, -0.2) is 44.2 Å². The van der Waals surface area contributed by atoms with Crippen molar-refractivity contribution in [3.05, 3.63) is 47.4 Å². The van der Waals surface area contributed by atoms with E-state index in [4.69, 9.17) is 17.0 Å². The molecule has 0 saturated heterocycles. The molecule has 0 saturated carbocycles. The molecular weight excluding hydrogens is 436 g/mol. The Balaban J connectivity index is 1.54. The molecule has 11 heteroatoms. The number of hydrogen-bond donors (Lipinski definition) is 2. The Bertz CT molecular complexity index is 1230. The fourth-order valence-corrected chi connectivity index (χ4v) is 4.46. The van der Waals surface area contributed by atoms with Gasteiger partial charge in [-0.15, -0.1) is 6.58 Å². The Hall–Kier alpha value is -3.31. The maximum absolute atomic E-state index is 12.7. The smallest absolute Gasteiger partial charge is 0.268 e. The van der Waals surface area contributed by atoms with Gasteiger partial charge in [0.2, 0.25) is 5.91 Å². The molecule has 3 heterocycles. The maximum atomic E-state index is 12.7. The molecule has 0 spiro atoms. The second kappa shape index (κ2) is 8.44. The summed E-state index contributed by atoms with van der Waals surface area (Å²) in [6.45, 7) is 7.59. The van der Waals surface area contributed by atoms with Crippen molar-refractivity contribution in [2.45, 2.75) is 26.5 Å². The Morgan fingerprint density at radius 3 is 3.00 bits per heavy atom. The first-order valence-electron chi connectivity index (χ1n) is 9.50. The summed E-state index contributed by atoms with van der Waals surface area (Å²) in [5, 5.41) is 10.3. The van der Waals surface area contributed by atoms with Crippen LogP contribution in [0.3, 0.4) is 0 Å². The van der Waals surface area contributed by atoms with Crippen LogP contribution in [0.1, 0.15) is 12.6 Å². The minimum Gasteiger partial charge on any atom is -0.479 e. The standard InChI is InChI=1S/C20H20N6O3S2/c1-4-9-25-17(23-24-20(25)30)16-11(2)21-19(31-16)22-15(27)10-26-13-7-5-6-8-14(13)29-12(3)18(26)28/h4-8,12H,1,9-10H2,2-3H3,(H,24,30)(H,21,22,27)/t12-/m1/s1. The number of aromatic amines is 1. The monoisotopic (exact) mass is 456 g/mol. The van der Waals surface area contributed by atoms with E-state index in [-0.39, 0.29) is 18.4 Å². The molecule has 0 unspecified atom stereocenters. The van der Waals surface area contributed by atoms with Gasteiger partial charge >= 0.3 is 0 Å². The summed E-state index contributed by atoms with van der Waals surface area (Å²) in [6.07, 6.45) is 1.07. The third-order valence-corrected chi connectivity index (χ3v) is 6.07. The number of benzene rings is 1. The Morgan fingerprint density at radius 1 is 1.45 bits per heavy atom. The zero-order valence-corrected chi connectivity index (χ0v) is 18.5. The van der Waals surface area contributed by atoms with E-state index in [1.807, 2.05) is 13.0 Å². The minimum absolute atomic E-state index is 0.146. The van der Waals surface area contributed by atoms with Crippen LogP contribution >= 0.6 is 23.6 Å². The lowest BCUT2D eigenvalue weighted by Crippen LogP contribution is -2.47. The minimum atomic E-state index is -0.663. The van der Waals surface area contributed by atoms with Gasteiger partial charge in [-0.1, -0.05) is 29.5 Å². The summed E-state index contributed by atoms with van der Waals surface area (Å²) >= 11 is 6.55. The van der Waals surface area contributed by atoms with Gasteiger partial charge in [-0.2, -0.15) is 5.10 Å². The van der Waals surface area contributed by atoms with E-state index in [0.29, 0.717) is 39.4 Å². The quantitative estimate of drug-likeness (QED) is 0.436. The normalized spacial score (nSPS) is 15.4. The van der Waals surface area contributed by atoms with Gasteiger partial charge in [-0.25, -0.2) is 4.98 Å². The topological polar surface area (TPSA) is 105 Å². The Labute approximate surface area is 187 Å². The van der Waals surface area contributed by atoms with Crippen molar-refractivity contribution in [1.82, 2.24) is 19.7 Å². The van der Waals surface area contributed by atoms with Gasteiger partial charge in [0.25, 0.3) is 5.91 Å². The van der Waals surface area contributed by atoms with Crippen molar-refractivity contribution in [1.29, 1.82) is 0 Å². The summed E-state index contributed by atoms with van der Waals surface area (Å²) in [6, 6.07) is 7.14. The summed E-state index contributed by atoms with van der Waals surface area (Å²) in [4.78, 5) is 32.0. The number of thiazole rings is 1. The highest BCUT2D eigenvalue weighted by Crippen LogP contribution is 2.34. The first kappa shape index (κ1) is 20.9. The number of carbonyl (C=O) groups is 2. The number of H-pyrrole nitrogens is 1. The van der Waals surface area contributed by atoms with E-state index in [1.165, 1.54) is 16.2 Å². The molecule has 2 aromatic heterocycles. The van der Waals surface area contributed by atoms with E-state index >= 15 is 0 Å². The predicted octanol–water partition coefficient (Wildman–Crippen LogP) is 3.31. The van der Waals surface area contributed by atoms with Crippen LogP contribution in [-0.2, 0) is 16.1 Å². The number of hydrogen-bond acceptors (Lipinski definition) is 7. The van der Waals surface area contributed by atoms with Crippen LogP contribution in [0.25, 0.3) is 10.7 Å². The van der Waals surface area contributed by atoms with Crippen LogP contribution in [0.15, 0.2) is 36.9 Å². The molecule has 1 aromatic carbocycles. The van der Waals surface area contributed by atoms with Gasteiger partial charge in [0.15, 0.2) is 21.8 Å². The number of aromatic nitrogens is 4. The fourth-order valence-electron chi connectivity index (χ4n) is 3.27. The molecule has 9 nitrogen and oxygen atoms in total. The number of fused-ring (bicyclic) bond motifs is 1. The average Bonchev–Trinajstić information content (AvgIpc) is 3.27. The lowest BCUT2D eigenvalue weighted by molar-refractivity contribution is -0.127. The van der Waals surface area contributed by atoms with Crippen LogP contribution in [0.5, 0.6) is 5.75 Å². The molecule has 2 amide bonds. The Kier molecular flexibility index (Phi) is 5.70. The van der Waals surface area contributed by atoms with Crippen LogP contribution in [0.4, 0.5) is 10.8 Å². The third-order valence-electron chi connectivity index (χ3n) is 4.69. The summed E-state index contributed by atoms with van der Waals surface area (Å²) in [7, 11) is 0. The molecule has 160 valence electrons. The van der Waals surface area contributed by atoms with Gasteiger partial charge < -0.3 is 10.1 Å². The summed E-state index contributed by atoms with van der Waals surface area (Å²) < 4.78 is 7.90. The lowest BCUT2D eigenvalue weighted by atomic mass is 10.2. The fraction of sp³-hybridized carbons (Fsp3) is 0.250. The number of aryl methyl sites for hydroxylation is 1. The van der Waals surface area contributed by atoms with Crippen molar-refractivity contribution < 1.29 is 14.3 Å². The van der Waals surface area contributed by atoms with Crippen molar-refractivity contribution in [3.63, 3.8) is 0 Å². The second-order valence-corrected chi connectivity index (χ2v) is 8.27. The number of ether oxygens (including phenoxy) is 1. The van der Waals surface area contributed by atoms with Crippen molar-refractivity contribution in [2.24, 2.45) is 0 Å². The molecule has 1 atom stereocenters. The molecule has 0 bridgehead atoms. The molecule has 2 N–H and O–H groups in total. The van der Waals surface area contributed by atoms with Gasteiger partial charge in [-0.3, -0.25) is 24.2 Å². The molecule has 4 rings (SSSR count). The van der Waals surface area contributed by atoms with Gasteiger partial charge in [-0.05, 0) is 38.2 Å². The highest BCUT2D eigenvalue weighted by molar-refractivity contribution is 7.71. The van der Waals surface area contributed by atoms with E-state index < -0.39 is 6.10 Å². The molecule has 0 radical (unpaired) electrons. The first-order chi connectivity index (χ1) is 14.9. The van der Waals surface area contributed by atoms with Crippen molar-refractivity contribution >= 4 is 46.2 Å². The highest BCUT2D eigenvalue weighted by atomic mass is 32.1. The number of para-hydroxylation sites is 2. The summed E-state index contributed by atoms with van der Waals surface area (Å²) in [5.74, 6) is 0.568. The largest absolute Gasteiger partial charge is 0.479 e. The van der Waals surface area contributed by atoms with E-state index in [2.05, 4.69) is 27.1 Å². The number of amides is 2. The third kappa shape index (κ3) is 4.01. The summed E-state index contributed by atoms with van der Waals surface area (Å²) in [5.41, 5.74) is 1.28. The first-order valence-corrected chi connectivity index (χ1v) is 10.7. The number of allylic oxidation sites excluding steroid dienone is 1. The molecule has 31 heavy (non-hydrogen) atoms. The van der Waals surface area contributed by atoms with E-state index in [9.17, 15) is 9.59 Å². The molecular formula is C20H20N6O3S2. The molecule has 0 aliphatic carbocycles. The van der Waals surface area contributed by atoms with Crippen LogP contribution in [0.2, 0.25) is 0 Å². The van der Waals surface area contributed by atoms with E-state index in [0.717, 1.165) is 4.88 Å². The number of carbonyl (C=O) groups excluding carboxylic acids is 2. The lowest BCUT2D eigenvalue weighted by Gasteiger charge is -2.32. The van der Waals surface area contributed by atoms with Gasteiger partial charge in [0, 0.05) is 6.54 Å². The Morgan fingerprint density at radius 2 is 2.23 bits per heavy atom. The predicted molar refractivity (Wildman–Crippen MR) is 121 cm³/mol. The van der Waals surface area contributed by atoms with Crippen LogP contribution in [0, 0.1) is 11.7 Å². The second-order valence-electron chi connectivity index (χ2n) is 6.89. The van der Waals surface area contributed by atoms with Crippen molar-refractivity contribution in [3.8, 4) is 16.5 Å². The van der Waals surface area contributed by atoms with Crippen molar-refractivity contribution in [2.75, 3.05) is 16.8 Å². The molecule has 1 aliphatic rings. The van der Waals surface area contributed by atoms with Gasteiger partial charge in [0.05, 0.1) is 16.3 Å². The van der Waals surface area contributed by atoms with Crippen LogP contribution < -0.4 is 15.0 Å². The van der Waals surface area contributed by atoms with Gasteiger partial charge in [0.1, 0.15) is 12.3 Å². The highest BCUT2D eigenvalue weighted by Gasteiger charge is 2.32. The molecule has 1 aliphatic heterocycles. The molecule has 3 aromatic rings. The zero-order valence-electron chi connectivity index (χ0n) is 16.9. The number of anilines is 2.